The topological polar surface area (TPSA) is 118 Å². The summed E-state index contributed by atoms with van der Waals surface area (Å²) in [7, 11) is 0. The van der Waals surface area contributed by atoms with Crippen LogP contribution in [0.5, 0.6) is 0 Å². The van der Waals surface area contributed by atoms with Crippen molar-refractivity contribution >= 4 is 40.2 Å². The Morgan fingerprint density at radius 1 is 1.18 bits per heavy atom. The van der Waals surface area contributed by atoms with Crippen LogP contribution in [0.2, 0.25) is 0 Å². The minimum Gasteiger partial charge on any atom is -0.356 e. The van der Waals surface area contributed by atoms with Crippen LogP contribution >= 0.6 is 0 Å². The van der Waals surface area contributed by atoms with Gasteiger partial charge in [-0.25, -0.2) is 14.9 Å². The highest BCUT2D eigenvalue weighted by Crippen LogP contribution is 2.29. The molecule has 0 saturated carbocycles. The van der Waals surface area contributed by atoms with Crippen molar-refractivity contribution in [3.8, 4) is 0 Å². The fourth-order valence-corrected chi connectivity index (χ4v) is 4.11. The molecule has 2 aromatic heterocycles. The average Bonchev–Trinajstić information content (AvgIpc) is 3.47. The van der Waals surface area contributed by atoms with Gasteiger partial charge in [0.1, 0.15) is 5.82 Å². The van der Waals surface area contributed by atoms with E-state index in [0.717, 1.165) is 48.3 Å². The van der Waals surface area contributed by atoms with E-state index in [0.29, 0.717) is 11.2 Å². The lowest BCUT2D eigenvalue weighted by molar-refractivity contribution is -0.384. The first kappa shape index (κ1) is 20.6. The molecule has 0 bridgehead atoms. The molecule has 0 spiro atoms. The van der Waals surface area contributed by atoms with Crippen molar-refractivity contribution in [1.82, 2.24) is 20.0 Å². The Bertz CT molecular complexity index is 1420. The van der Waals surface area contributed by atoms with Gasteiger partial charge in [0.15, 0.2) is 5.65 Å². The van der Waals surface area contributed by atoms with Crippen LogP contribution in [0, 0.1) is 17.0 Å². The van der Waals surface area contributed by atoms with Gasteiger partial charge in [0.2, 0.25) is 0 Å². The summed E-state index contributed by atoms with van der Waals surface area (Å²) in [4.78, 5) is 30.0. The molecule has 1 amide bonds. The number of nitrogens with zero attached hydrogens (tertiary/aromatic N) is 6. The zero-order valence-electron chi connectivity index (χ0n) is 17.9. The van der Waals surface area contributed by atoms with Crippen molar-refractivity contribution in [3.05, 3.63) is 75.5 Å². The largest absolute Gasteiger partial charge is 0.356 e. The average molecular weight is 443 g/mol. The number of aromatic nitrogens is 3. The van der Waals surface area contributed by atoms with Gasteiger partial charge in [0.25, 0.3) is 11.6 Å². The van der Waals surface area contributed by atoms with Crippen LogP contribution in [-0.2, 0) is 0 Å². The predicted octanol–water partition coefficient (Wildman–Crippen LogP) is 3.46. The van der Waals surface area contributed by atoms with E-state index in [2.05, 4.69) is 26.6 Å². The van der Waals surface area contributed by atoms with Crippen molar-refractivity contribution in [2.75, 3.05) is 18.0 Å². The summed E-state index contributed by atoms with van der Waals surface area (Å²) in [5.74, 6) is 0.381. The number of hydrogen-bond acceptors (Lipinski definition) is 7. The van der Waals surface area contributed by atoms with Gasteiger partial charge in [-0.15, -0.1) is 0 Å². The minimum atomic E-state index is -0.545. The van der Waals surface area contributed by atoms with Gasteiger partial charge < -0.3 is 4.90 Å². The number of rotatable bonds is 5. The number of carbonyl (C=O) groups is 1. The first-order valence-electron chi connectivity index (χ1n) is 10.6. The van der Waals surface area contributed by atoms with Crippen molar-refractivity contribution in [3.63, 3.8) is 0 Å². The molecule has 3 heterocycles. The van der Waals surface area contributed by atoms with E-state index in [1.54, 1.807) is 4.52 Å². The molecule has 1 fully saturated rings. The fraction of sp³-hybridized carbons (Fsp3) is 0.217. The van der Waals surface area contributed by atoms with E-state index in [-0.39, 0.29) is 11.3 Å². The van der Waals surface area contributed by atoms with E-state index >= 15 is 0 Å². The van der Waals surface area contributed by atoms with E-state index in [9.17, 15) is 14.9 Å². The number of benzene rings is 2. The third-order valence-corrected chi connectivity index (χ3v) is 5.75. The van der Waals surface area contributed by atoms with Crippen molar-refractivity contribution < 1.29 is 9.72 Å². The summed E-state index contributed by atoms with van der Waals surface area (Å²) in [6.45, 7) is 3.79. The molecule has 166 valence electrons. The summed E-state index contributed by atoms with van der Waals surface area (Å²) in [5, 5.41) is 20.7. The highest BCUT2D eigenvalue weighted by Gasteiger charge is 2.21. The molecule has 0 radical (unpaired) electrons. The number of aryl methyl sites for hydroxylation is 1. The highest BCUT2D eigenvalue weighted by molar-refractivity contribution is 5.98. The Hall–Kier alpha value is -4.34. The number of para-hydroxylation sites is 1. The number of amides is 1. The van der Waals surface area contributed by atoms with Crippen molar-refractivity contribution in [1.29, 1.82) is 0 Å². The van der Waals surface area contributed by atoms with Crippen LogP contribution in [-0.4, -0.2) is 44.7 Å². The molecular formula is C23H21N7O3. The molecule has 0 aliphatic carbocycles. The molecule has 10 heteroatoms. The highest BCUT2D eigenvalue weighted by atomic mass is 16.6. The van der Waals surface area contributed by atoms with Gasteiger partial charge in [-0.3, -0.25) is 14.9 Å². The molecule has 2 aromatic carbocycles. The molecule has 10 nitrogen and oxygen atoms in total. The van der Waals surface area contributed by atoms with Gasteiger partial charge in [-0.1, -0.05) is 18.2 Å². The maximum Gasteiger partial charge on any atom is 0.271 e. The number of nitrogens with one attached hydrogen (secondary N) is 1. The van der Waals surface area contributed by atoms with Gasteiger partial charge in [0.05, 0.1) is 27.9 Å². The number of fused-ring (bicyclic) bond motifs is 3. The second-order valence-electron chi connectivity index (χ2n) is 7.89. The van der Waals surface area contributed by atoms with Crippen LogP contribution in [0.25, 0.3) is 16.6 Å². The van der Waals surface area contributed by atoms with Crippen LogP contribution in [0.15, 0.2) is 53.6 Å². The Balaban J connectivity index is 1.50. The Labute approximate surface area is 188 Å². The van der Waals surface area contributed by atoms with E-state index in [4.69, 9.17) is 4.98 Å². The summed E-state index contributed by atoms with van der Waals surface area (Å²) < 4.78 is 1.80. The first-order chi connectivity index (χ1) is 16.0. The molecule has 1 N–H and O–H groups in total. The number of anilines is 1. The molecule has 1 aliphatic rings. The van der Waals surface area contributed by atoms with E-state index in [1.807, 2.05) is 25.1 Å². The number of nitro benzene ring substituents is 1. The number of hydrazone groups is 1. The lowest BCUT2D eigenvalue weighted by Crippen LogP contribution is -2.20. The number of hydrogen-bond donors (Lipinski definition) is 1. The molecule has 0 atom stereocenters. The maximum atomic E-state index is 12.4. The van der Waals surface area contributed by atoms with Gasteiger partial charge in [-0.2, -0.15) is 10.2 Å². The van der Waals surface area contributed by atoms with Crippen molar-refractivity contribution in [2.24, 2.45) is 5.10 Å². The number of carbonyl (C=O) groups excluding carboxylic acids is 1. The molecule has 4 aromatic rings. The number of nitro groups is 1. The Morgan fingerprint density at radius 2 is 1.97 bits per heavy atom. The second-order valence-corrected chi connectivity index (χ2v) is 7.89. The van der Waals surface area contributed by atoms with E-state index in [1.165, 1.54) is 30.5 Å². The monoisotopic (exact) mass is 443 g/mol. The summed E-state index contributed by atoms with van der Waals surface area (Å²) in [5.41, 5.74) is 5.45. The zero-order chi connectivity index (χ0) is 22.9. The normalized spacial score (nSPS) is 13.9. The lowest BCUT2D eigenvalue weighted by atomic mass is 10.2. The Kier molecular flexibility index (Phi) is 5.17. The predicted molar refractivity (Wildman–Crippen MR) is 125 cm³/mol. The second kappa shape index (κ2) is 8.30. The molecule has 0 unspecified atom stereocenters. The Morgan fingerprint density at radius 3 is 2.76 bits per heavy atom. The maximum absolute atomic E-state index is 12.4. The zero-order valence-corrected chi connectivity index (χ0v) is 17.9. The van der Waals surface area contributed by atoms with Gasteiger partial charge in [0, 0.05) is 36.2 Å². The molecule has 1 aliphatic heterocycles. The molecule has 33 heavy (non-hydrogen) atoms. The number of non-ortho nitro benzene ring substituents is 1. The summed E-state index contributed by atoms with van der Waals surface area (Å²) in [6, 6.07) is 13.5. The lowest BCUT2D eigenvalue weighted by Gasteiger charge is -2.19. The first-order valence-corrected chi connectivity index (χ1v) is 10.6. The van der Waals surface area contributed by atoms with Gasteiger partial charge in [-0.05, 0) is 38.0 Å². The SMILES string of the molecule is Cc1nn2c(nc(N3CCCC3)c3ccccc32)c1/C=N/NC(=O)c1cccc([N+](=O)[O-])c1. The van der Waals surface area contributed by atoms with Crippen LogP contribution in [0.4, 0.5) is 11.5 Å². The molecule has 5 rings (SSSR count). The standard InChI is InChI=1S/C23H21N7O3/c1-15-19(14-24-26-23(31)16-7-6-8-17(13-16)30(32)33)22-25-21(28-11-4-5-12-28)18-9-2-3-10-20(18)29(22)27-15/h2-3,6-10,13-14H,4-5,11-12H2,1H3,(H,26,31)/b24-14+. The minimum absolute atomic E-state index is 0.151. The smallest absolute Gasteiger partial charge is 0.271 e. The molecule has 1 saturated heterocycles. The third-order valence-electron chi connectivity index (χ3n) is 5.75. The van der Waals surface area contributed by atoms with Crippen LogP contribution < -0.4 is 10.3 Å². The van der Waals surface area contributed by atoms with Crippen LogP contribution in [0.1, 0.15) is 34.5 Å². The summed E-state index contributed by atoms with van der Waals surface area (Å²) in [6.07, 6.45) is 3.79. The third kappa shape index (κ3) is 3.75. The van der Waals surface area contributed by atoms with Crippen LogP contribution in [0.3, 0.4) is 0 Å². The molecular weight excluding hydrogens is 422 g/mol. The fourth-order valence-electron chi connectivity index (χ4n) is 4.11. The van der Waals surface area contributed by atoms with Crippen molar-refractivity contribution in [2.45, 2.75) is 19.8 Å². The van der Waals surface area contributed by atoms with E-state index < -0.39 is 10.8 Å². The van der Waals surface area contributed by atoms with Gasteiger partial charge >= 0.3 is 0 Å². The quantitative estimate of drug-likeness (QED) is 0.287. The summed E-state index contributed by atoms with van der Waals surface area (Å²) >= 11 is 0.